The standard InChI is InChI=1S/C22H23NO3S/c1-17-12-14-20(15-13-17)27(25,26)23-21(18-8-4-2-5-9-18)16-22(24)19-10-6-3-7-11-19/h2-15,21-24H,16H2,1H3/t21-,22+/m1/s1. The molecule has 0 aromatic heterocycles. The molecule has 0 saturated heterocycles. The minimum Gasteiger partial charge on any atom is -0.388 e. The van der Waals surface area contributed by atoms with Gasteiger partial charge in [-0.25, -0.2) is 13.1 Å². The number of hydrogen-bond acceptors (Lipinski definition) is 3. The van der Waals surface area contributed by atoms with E-state index < -0.39 is 22.2 Å². The van der Waals surface area contributed by atoms with Crippen LogP contribution in [0.2, 0.25) is 0 Å². The third-order valence-electron chi connectivity index (χ3n) is 4.47. The first kappa shape index (κ1) is 19.3. The fourth-order valence-electron chi connectivity index (χ4n) is 2.94. The summed E-state index contributed by atoms with van der Waals surface area (Å²) >= 11 is 0. The summed E-state index contributed by atoms with van der Waals surface area (Å²) in [5, 5.41) is 10.6. The first-order valence-corrected chi connectivity index (χ1v) is 10.3. The molecular formula is C22H23NO3S. The number of nitrogens with one attached hydrogen (secondary N) is 1. The van der Waals surface area contributed by atoms with Gasteiger partial charge in [-0.05, 0) is 36.6 Å². The van der Waals surface area contributed by atoms with E-state index in [1.165, 1.54) is 0 Å². The van der Waals surface area contributed by atoms with Crippen LogP contribution in [0.3, 0.4) is 0 Å². The van der Waals surface area contributed by atoms with Gasteiger partial charge in [0, 0.05) is 6.04 Å². The monoisotopic (exact) mass is 381 g/mol. The number of hydrogen-bond donors (Lipinski definition) is 2. The Bertz CT molecular complexity index is 955. The van der Waals surface area contributed by atoms with Crippen LogP contribution in [0.5, 0.6) is 0 Å². The second-order valence-corrected chi connectivity index (χ2v) is 8.27. The summed E-state index contributed by atoms with van der Waals surface area (Å²) in [4.78, 5) is 0.211. The maximum absolute atomic E-state index is 12.9. The second-order valence-electron chi connectivity index (χ2n) is 6.56. The molecule has 3 aromatic carbocycles. The lowest BCUT2D eigenvalue weighted by Gasteiger charge is -2.22. The lowest BCUT2D eigenvalue weighted by atomic mass is 9.97. The van der Waals surface area contributed by atoms with E-state index in [9.17, 15) is 13.5 Å². The van der Waals surface area contributed by atoms with E-state index >= 15 is 0 Å². The first-order valence-electron chi connectivity index (χ1n) is 8.83. The van der Waals surface area contributed by atoms with Gasteiger partial charge in [-0.2, -0.15) is 0 Å². The highest BCUT2D eigenvalue weighted by Crippen LogP contribution is 2.28. The van der Waals surface area contributed by atoms with Gasteiger partial charge in [0.2, 0.25) is 10.0 Å². The molecule has 2 atom stereocenters. The molecule has 0 radical (unpaired) electrons. The van der Waals surface area contributed by atoms with Crippen LogP contribution in [0.1, 0.15) is 35.3 Å². The summed E-state index contributed by atoms with van der Waals surface area (Å²) < 4.78 is 28.5. The van der Waals surface area contributed by atoms with E-state index in [0.717, 1.165) is 16.7 Å². The van der Waals surface area contributed by atoms with Gasteiger partial charge in [-0.15, -0.1) is 0 Å². The Hall–Kier alpha value is -2.47. The molecule has 0 heterocycles. The first-order chi connectivity index (χ1) is 13.0. The number of aliphatic hydroxyl groups excluding tert-OH is 1. The van der Waals surface area contributed by atoms with E-state index in [-0.39, 0.29) is 11.3 Å². The maximum atomic E-state index is 12.9. The normalized spacial score (nSPS) is 13.9. The number of sulfonamides is 1. The molecule has 5 heteroatoms. The SMILES string of the molecule is Cc1ccc(S(=O)(=O)N[C@H](C[C@H](O)c2ccccc2)c2ccccc2)cc1. The van der Waals surface area contributed by atoms with Crippen LogP contribution in [-0.2, 0) is 10.0 Å². The average molecular weight is 381 g/mol. The van der Waals surface area contributed by atoms with E-state index in [0.29, 0.717) is 0 Å². The second kappa shape index (κ2) is 8.48. The highest BCUT2D eigenvalue weighted by atomic mass is 32.2. The Kier molecular flexibility index (Phi) is 6.06. The third-order valence-corrected chi connectivity index (χ3v) is 5.96. The molecule has 3 rings (SSSR count). The fraction of sp³-hybridized carbons (Fsp3) is 0.182. The van der Waals surface area contributed by atoms with Gasteiger partial charge in [0.15, 0.2) is 0 Å². The fourth-order valence-corrected chi connectivity index (χ4v) is 4.18. The van der Waals surface area contributed by atoms with Gasteiger partial charge >= 0.3 is 0 Å². The predicted molar refractivity (Wildman–Crippen MR) is 107 cm³/mol. The number of aliphatic hydroxyl groups is 1. The molecule has 0 aliphatic carbocycles. The minimum atomic E-state index is -3.71. The molecule has 0 saturated carbocycles. The number of benzene rings is 3. The van der Waals surface area contributed by atoms with Crippen molar-refractivity contribution in [2.45, 2.75) is 30.4 Å². The van der Waals surface area contributed by atoms with Crippen molar-refractivity contribution in [2.75, 3.05) is 0 Å². The van der Waals surface area contributed by atoms with Crippen molar-refractivity contribution >= 4 is 10.0 Å². The van der Waals surface area contributed by atoms with Gasteiger partial charge < -0.3 is 5.11 Å². The zero-order valence-electron chi connectivity index (χ0n) is 15.1. The Balaban J connectivity index is 1.87. The Morgan fingerprint density at radius 2 is 1.33 bits per heavy atom. The summed E-state index contributed by atoms with van der Waals surface area (Å²) in [5.74, 6) is 0. The lowest BCUT2D eigenvalue weighted by Crippen LogP contribution is -2.30. The average Bonchev–Trinajstić information content (AvgIpc) is 2.69. The number of aryl methyl sites for hydroxylation is 1. The summed E-state index contributed by atoms with van der Waals surface area (Å²) in [6, 6.07) is 24.7. The third kappa shape index (κ3) is 5.04. The topological polar surface area (TPSA) is 66.4 Å². The van der Waals surface area contributed by atoms with Crippen LogP contribution in [0.4, 0.5) is 0 Å². The summed E-state index contributed by atoms with van der Waals surface area (Å²) in [5.41, 5.74) is 2.56. The van der Waals surface area contributed by atoms with Crippen molar-refractivity contribution in [2.24, 2.45) is 0 Å². The molecule has 140 valence electrons. The van der Waals surface area contributed by atoms with Crippen LogP contribution in [0.25, 0.3) is 0 Å². The van der Waals surface area contributed by atoms with Crippen LogP contribution in [0.15, 0.2) is 89.8 Å². The Labute approximate surface area is 160 Å². The van der Waals surface area contributed by atoms with Crippen molar-refractivity contribution < 1.29 is 13.5 Å². The van der Waals surface area contributed by atoms with E-state index in [4.69, 9.17) is 0 Å². The van der Waals surface area contributed by atoms with Gasteiger partial charge in [0.25, 0.3) is 0 Å². The van der Waals surface area contributed by atoms with Gasteiger partial charge in [-0.1, -0.05) is 78.4 Å². The largest absolute Gasteiger partial charge is 0.388 e. The van der Waals surface area contributed by atoms with Gasteiger partial charge in [0.1, 0.15) is 0 Å². The molecule has 0 spiro atoms. The van der Waals surface area contributed by atoms with E-state index in [2.05, 4.69) is 4.72 Å². The van der Waals surface area contributed by atoms with E-state index in [1.807, 2.05) is 67.6 Å². The maximum Gasteiger partial charge on any atom is 0.241 e. The zero-order valence-corrected chi connectivity index (χ0v) is 15.9. The molecule has 27 heavy (non-hydrogen) atoms. The lowest BCUT2D eigenvalue weighted by molar-refractivity contribution is 0.155. The van der Waals surface area contributed by atoms with Crippen LogP contribution in [0, 0.1) is 6.92 Å². The molecule has 0 unspecified atom stereocenters. The van der Waals surface area contributed by atoms with Crippen molar-refractivity contribution in [3.05, 3.63) is 102 Å². The molecule has 2 N–H and O–H groups in total. The Morgan fingerprint density at radius 1 is 0.815 bits per heavy atom. The predicted octanol–water partition coefficient (Wildman–Crippen LogP) is 4.14. The van der Waals surface area contributed by atoms with Crippen LogP contribution >= 0.6 is 0 Å². The molecule has 3 aromatic rings. The highest BCUT2D eigenvalue weighted by Gasteiger charge is 2.24. The molecule has 0 aliphatic heterocycles. The summed E-state index contributed by atoms with van der Waals surface area (Å²) in [6.45, 7) is 1.91. The number of rotatable bonds is 7. The molecule has 0 bridgehead atoms. The van der Waals surface area contributed by atoms with Crippen molar-refractivity contribution in [3.8, 4) is 0 Å². The molecule has 0 aliphatic rings. The minimum absolute atomic E-state index is 0.211. The summed E-state index contributed by atoms with van der Waals surface area (Å²) in [7, 11) is -3.71. The highest BCUT2D eigenvalue weighted by molar-refractivity contribution is 7.89. The quantitative estimate of drug-likeness (QED) is 0.646. The van der Waals surface area contributed by atoms with Crippen LogP contribution < -0.4 is 4.72 Å². The van der Waals surface area contributed by atoms with Gasteiger partial charge in [-0.3, -0.25) is 0 Å². The molecular weight excluding hydrogens is 358 g/mol. The van der Waals surface area contributed by atoms with Gasteiger partial charge in [0.05, 0.1) is 11.0 Å². The molecule has 0 amide bonds. The summed E-state index contributed by atoms with van der Waals surface area (Å²) in [6.07, 6.45) is -0.545. The zero-order chi connectivity index (χ0) is 19.3. The molecule has 4 nitrogen and oxygen atoms in total. The van der Waals surface area contributed by atoms with E-state index in [1.54, 1.807) is 24.3 Å². The van der Waals surface area contributed by atoms with Crippen LogP contribution in [-0.4, -0.2) is 13.5 Å². The smallest absolute Gasteiger partial charge is 0.241 e. The van der Waals surface area contributed by atoms with Crippen molar-refractivity contribution in [1.82, 2.24) is 4.72 Å². The van der Waals surface area contributed by atoms with Crippen molar-refractivity contribution in [1.29, 1.82) is 0 Å². The molecule has 0 fully saturated rings. The van der Waals surface area contributed by atoms with Crippen molar-refractivity contribution in [3.63, 3.8) is 0 Å². The Morgan fingerprint density at radius 3 is 1.89 bits per heavy atom.